The molecule has 1 aromatic carbocycles. The summed E-state index contributed by atoms with van der Waals surface area (Å²) in [6.07, 6.45) is 0.508. The second kappa shape index (κ2) is 7.39. The quantitative estimate of drug-likeness (QED) is 0.522. The Labute approximate surface area is 151 Å². The number of nitrogens with zero attached hydrogens (tertiary/aromatic N) is 2. The van der Waals surface area contributed by atoms with Crippen LogP contribution in [0.2, 0.25) is 0 Å². The summed E-state index contributed by atoms with van der Waals surface area (Å²) < 4.78 is -0.198. The third-order valence-corrected chi connectivity index (χ3v) is 5.11. The van der Waals surface area contributed by atoms with Gasteiger partial charge in [0.15, 0.2) is 5.94 Å². The smallest absolute Gasteiger partial charge is 0.442 e. The number of benzene rings is 1. The molecule has 2 heterocycles. The van der Waals surface area contributed by atoms with E-state index in [0.29, 0.717) is 25.2 Å². The maximum atomic E-state index is 12.7. The number of likely N-dealkylation sites (N-methyl/N-ethyl adjacent to an activating group) is 1. The molecular weight excluding hydrogens is 336 g/mol. The zero-order valence-corrected chi connectivity index (χ0v) is 14.7. The molecule has 2 fully saturated rings. The van der Waals surface area contributed by atoms with Crippen molar-refractivity contribution < 1.29 is 24.1 Å². The van der Waals surface area contributed by atoms with Crippen LogP contribution in [0, 0.1) is 0 Å². The molecule has 26 heavy (non-hydrogen) atoms. The maximum Gasteiger partial charge on any atom is 0.442 e. The van der Waals surface area contributed by atoms with Gasteiger partial charge >= 0.3 is 12.0 Å². The molecule has 2 atom stereocenters. The molecule has 0 radical (unpaired) electrons. The van der Waals surface area contributed by atoms with Crippen molar-refractivity contribution in [2.75, 3.05) is 33.2 Å². The Balaban J connectivity index is 1.83. The minimum absolute atomic E-state index is 0.0664. The molecule has 1 aromatic rings. The van der Waals surface area contributed by atoms with Crippen LogP contribution in [0.3, 0.4) is 0 Å². The second-order valence-corrected chi connectivity index (χ2v) is 6.67. The molecule has 0 aliphatic carbocycles. The van der Waals surface area contributed by atoms with Gasteiger partial charge in [0.2, 0.25) is 5.70 Å². The third kappa shape index (κ3) is 3.27. The molecule has 2 amide bonds. The van der Waals surface area contributed by atoms with Gasteiger partial charge in [0.05, 0.1) is 13.1 Å². The summed E-state index contributed by atoms with van der Waals surface area (Å²) in [7, 11) is 1.72. The number of amides is 2. The van der Waals surface area contributed by atoms with Crippen LogP contribution in [0.1, 0.15) is 23.6 Å². The van der Waals surface area contributed by atoms with Crippen LogP contribution >= 0.6 is 0 Å². The molecule has 138 valence electrons. The summed E-state index contributed by atoms with van der Waals surface area (Å²) in [6.45, 7) is 2.85. The zero-order chi connectivity index (χ0) is 18.7. The number of carboxylic acid groups (broad SMARTS) is 1. The Morgan fingerprint density at radius 1 is 1.31 bits per heavy atom. The van der Waals surface area contributed by atoms with E-state index in [1.807, 2.05) is 35.2 Å². The summed E-state index contributed by atoms with van der Waals surface area (Å²) in [6, 6.07) is 6.54. The summed E-state index contributed by atoms with van der Waals surface area (Å²) in [5, 5.41) is 16.9. The van der Waals surface area contributed by atoms with Crippen LogP contribution in [-0.4, -0.2) is 65.9 Å². The normalized spacial score (nSPS) is 26.4. The predicted molar refractivity (Wildman–Crippen MR) is 93.5 cm³/mol. The van der Waals surface area contributed by atoms with E-state index in [9.17, 15) is 14.4 Å². The Hall–Kier alpha value is -2.51. The minimum atomic E-state index is -0.840. The lowest BCUT2D eigenvalue weighted by atomic mass is 10.0. The number of aliphatic carboxylic acids is 1. The van der Waals surface area contributed by atoms with Gasteiger partial charge in [-0.1, -0.05) is 24.3 Å². The molecule has 0 bridgehead atoms. The number of quaternary nitrogens is 1. The molecule has 3 rings (SSSR count). The summed E-state index contributed by atoms with van der Waals surface area (Å²) in [5.74, 6) is 1.16. The van der Waals surface area contributed by atoms with Crippen molar-refractivity contribution in [1.29, 1.82) is 0 Å². The first-order chi connectivity index (χ1) is 12.5. The monoisotopic (exact) mass is 359 g/mol. The lowest BCUT2D eigenvalue weighted by molar-refractivity contribution is -0.910. The van der Waals surface area contributed by atoms with Gasteiger partial charge < -0.3 is 10.4 Å². The van der Waals surface area contributed by atoms with Crippen molar-refractivity contribution in [1.82, 2.24) is 15.6 Å². The highest BCUT2D eigenvalue weighted by molar-refractivity contribution is 5.76. The van der Waals surface area contributed by atoms with Crippen LogP contribution in [-0.2, 0) is 16.0 Å². The molecule has 8 heteroatoms. The molecule has 2 saturated heterocycles. The standard InChI is InChI=1S/C18H22N4O4/c1-22(21-10-8-19-9-11-21)15(12-23)17(20-18(22)26)14-5-2-13(3-6-14)4-7-16(24)25/h2-3,5-6,17,19H,4,7-11H2,1H3,(H-,20,24,25,26)/p+1. The number of nitrogens with one attached hydrogen (secondary N) is 2. The molecule has 8 nitrogen and oxygen atoms in total. The largest absolute Gasteiger partial charge is 0.481 e. The zero-order valence-electron chi connectivity index (χ0n) is 14.7. The fraction of sp³-hybridized carbons (Fsp3) is 0.444. The molecule has 0 spiro atoms. The van der Waals surface area contributed by atoms with Crippen molar-refractivity contribution in [2.45, 2.75) is 18.9 Å². The Kier molecular flexibility index (Phi) is 5.20. The van der Waals surface area contributed by atoms with E-state index in [2.05, 4.69) is 10.6 Å². The van der Waals surface area contributed by atoms with Gasteiger partial charge in [-0.25, -0.2) is 9.59 Å². The fourth-order valence-electron chi connectivity index (χ4n) is 3.53. The van der Waals surface area contributed by atoms with Crippen molar-refractivity contribution in [2.24, 2.45) is 0 Å². The molecule has 2 aliphatic rings. The first-order valence-corrected chi connectivity index (χ1v) is 8.66. The predicted octanol–water partition coefficient (Wildman–Crippen LogP) is 0.450. The number of carboxylic acids is 1. The number of hydrogen-bond donors (Lipinski definition) is 3. The first kappa shape index (κ1) is 18.3. The van der Waals surface area contributed by atoms with E-state index in [-0.39, 0.29) is 17.0 Å². The van der Waals surface area contributed by atoms with Crippen molar-refractivity contribution in [3.63, 3.8) is 0 Å². The van der Waals surface area contributed by atoms with E-state index in [4.69, 9.17) is 5.11 Å². The second-order valence-electron chi connectivity index (χ2n) is 6.67. The number of rotatable bonds is 5. The molecule has 3 N–H and O–H groups in total. The molecule has 2 unspecified atom stereocenters. The third-order valence-electron chi connectivity index (χ3n) is 5.11. The Bertz CT molecular complexity index is 751. The number of carbonyl (C=O) groups is 2. The van der Waals surface area contributed by atoms with E-state index >= 15 is 0 Å². The number of aryl methyl sites for hydroxylation is 1. The molecule has 0 aromatic heterocycles. The van der Waals surface area contributed by atoms with Gasteiger partial charge in [-0.3, -0.25) is 10.1 Å². The van der Waals surface area contributed by atoms with Gasteiger partial charge in [-0.15, -0.1) is 9.60 Å². The highest BCUT2D eigenvalue weighted by Crippen LogP contribution is 2.36. The van der Waals surface area contributed by atoms with Gasteiger partial charge in [-0.05, 0) is 17.5 Å². The maximum absolute atomic E-state index is 12.7. The van der Waals surface area contributed by atoms with Crippen LogP contribution in [0.5, 0.6) is 0 Å². The lowest BCUT2D eigenvalue weighted by Crippen LogP contribution is -2.63. The van der Waals surface area contributed by atoms with E-state index < -0.39 is 12.0 Å². The minimum Gasteiger partial charge on any atom is -0.481 e. The molecule has 2 aliphatic heterocycles. The highest BCUT2D eigenvalue weighted by atomic mass is 16.4. The van der Waals surface area contributed by atoms with Crippen LogP contribution in [0.15, 0.2) is 30.0 Å². The van der Waals surface area contributed by atoms with Gasteiger partial charge in [0, 0.05) is 19.5 Å². The summed E-state index contributed by atoms with van der Waals surface area (Å²) in [4.78, 5) is 35.2. The van der Waals surface area contributed by atoms with Crippen molar-refractivity contribution in [3.05, 3.63) is 41.1 Å². The lowest BCUT2D eigenvalue weighted by Gasteiger charge is -2.38. The van der Waals surface area contributed by atoms with Crippen molar-refractivity contribution >= 4 is 17.9 Å². The van der Waals surface area contributed by atoms with E-state index in [1.165, 1.54) is 0 Å². The Morgan fingerprint density at radius 2 is 1.96 bits per heavy atom. The SMILES string of the molecule is C[N+]1(N2CCNCC2)C(=O)NC(c2ccc(CCC(=O)O)cc2)C1=C=O. The molecular formula is C18H23N4O4+. The first-order valence-electron chi connectivity index (χ1n) is 8.66. The van der Waals surface area contributed by atoms with Crippen LogP contribution < -0.4 is 10.6 Å². The number of carbonyl (C=O) groups excluding carboxylic acids is 2. The van der Waals surface area contributed by atoms with Crippen LogP contribution in [0.25, 0.3) is 0 Å². The summed E-state index contributed by atoms with van der Waals surface area (Å²) >= 11 is 0. The average molecular weight is 359 g/mol. The van der Waals surface area contributed by atoms with Crippen LogP contribution in [0.4, 0.5) is 4.79 Å². The topological polar surface area (TPSA) is 98.7 Å². The fourth-order valence-corrected chi connectivity index (χ4v) is 3.53. The number of urea groups is 1. The highest BCUT2D eigenvalue weighted by Gasteiger charge is 2.55. The Morgan fingerprint density at radius 3 is 2.54 bits per heavy atom. The van der Waals surface area contributed by atoms with E-state index in [0.717, 1.165) is 24.2 Å². The number of hydrogen-bond acceptors (Lipinski definition) is 5. The van der Waals surface area contributed by atoms with E-state index in [1.54, 1.807) is 7.05 Å². The summed E-state index contributed by atoms with van der Waals surface area (Å²) in [5.41, 5.74) is 2.03. The van der Waals surface area contributed by atoms with Crippen molar-refractivity contribution in [3.8, 4) is 0 Å². The van der Waals surface area contributed by atoms with Gasteiger partial charge in [-0.2, -0.15) is 0 Å². The average Bonchev–Trinajstić information content (AvgIpc) is 2.92. The van der Waals surface area contributed by atoms with Gasteiger partial charge in [0.25, 0.3) is 0 Å². The van der Waals surface area contributed by atoms with Gasteiger partial charge in [0.1, 0.15) is 13.1 Å². The molecule has 0 saturated carbocycles. The number of piperazine rings is 1.